The van der Waals surface area contributed by atoms with Gasteiger partial charge in [0.05, 0.1) is 4.70 Å². The largest absolute Gasteiger partial charge is 0.569 e. The first-order valence-corrected chi connectivity index (χ1v) is 11.3. The zero-order valence-electron chi connectivity index (χ0n) is 17.2. The SMILES string of the molecule is O[B]Oc1cc2ccccc2c2c1sc1c(-c3ccccc3-c3ccccc3)cccc12. The molecule has 1 N–H and O–H groups in total. The minimum Gasteiger partial charge on any atom is -0.536 e. The Kier molecular flexibility index (Phi) is 4.68. The molecule has 6 aromatic rings. The molecule has 2 nitrogen and oxygen atoms in total. The van der Waals surface area contributed by atoms with Crippen molar-refractivity contribution >= 4 is 50.0 Å². The van der Waals surface area contributed by atoms with Crippen LogP contribution >= 0.6 is 11.3 Å². The minimum absolute atomic E-state index is 0.671. The van der Waals surface area contributed by atoms with Gasteiger partial charge in [0.1, 0.15) is 5.75 Å². The van der Waals surface area contributed by atoms with Crippen LogP contribution in [0.1, 0.15) is 0 Å². The van der Waals surface area contributed by atoms with Crippen LogP contribution in [0.4, 0.5) is 0 Å². The van der Waals surface area contributed by atoms with Crippen LogP contribution in [-0.2, 0) is 0 Å². The van der Waals surface area contributed by atoms with Gasteiger partial charge in [0.25, 0.3) is 0 Å². The van der Waals surface area contributed by atoms with Gasteiger partial charge >= 0.3 is 7.69 Å². The molecule has 0 aliphatic heterocycles. The average Bonchev–Trinajstić information content (AvgIpc) is 3.25. The van der Waals surface area contributed by atoms with Crippen molar-refractivity contribution in [2.45, 2.75) is 0 Å². The fourth-order valence-corrected chi connectivity index (χ4v) is 5.86. The summed E-state index contributed by atoms with van der Waals surface area (Å²) in [6, 6.07) is 35.9. The number of hydrogen-bond acceptors (Lipinski definition) is 3. The van der Waals surface area contributed by atoms with Crippen LogP contribution in [0, 0.1) is 0 Å². The molecule has 5 aromatic carbocycles. The molecule has 32 heavy (non-hydrogen) atoms. The van der Waals surface area contributed by atoms with E-state index < -0.39 is 0 Å². The van der Waals surface area contributed by atoms with E-state index in [0.717, 1.165) is 17.8 Å². The van der Waals surface area contributed by atoms with Gasteiger partial charge < -0.3 is 9.68 Å². The normalized spacial score (nSPS) is 11.3. The maximum atomic E-state index is 9.38. The molecule has 1 radical (unpaired) electrons. The number of fused-ring (bicyclic) bond motifs is 5. The van der Waals surface area contributed by atoms with E-state index in [1.807, 2.05) is 18.2 Å². The van der Waals surface area contributed by atoms with Gasteiger partial charge in [-0.25, -0.2) is 0 Å². The smallest absolute Gasteiger partial charge is 0.536 e. The second-order valence-corrected chi connectivity index (χ2v) is 8.74. The molecule has 1 aromatic heterocycles. The summed E-state index contributed by atoms with van der Waals surface area (Å²) in [6.07, 6.45) is 0. The summed E-state index contributed by atoms with van der Waals surface area (Å²) in [4.78, 5) is 0. The van der Waals surface area contributed by atoms with Gasteiger partial charge in [0.2, 0.25) is 0 Å². The fourth-order valence-electron chi connectivity index (χ4n) is 4.56. The van der Waals surface area contributed by atoms with Gasteiger partial charge in [-0.3, -0.25) is 0 Å². The van der Waals surface area contributed by atoms with E-state index in [-0.39, 0.29) is 0 Å². The van der Waals surface area contributed by atoms with Crippen molar-refractivity contribution in [3.05, 3.63) is 103 Å². The van der Waals surface area contributed by atoms with Crippen molar-refractivity contribution in [3.8, 4) is 28.0 Å². The fraction of sp³-hybridized carbons (Fsp3) is 0. The van der Waals surface area contributed by atoms with E-state index in [1.54, 1.807) is 11.3 Å². The van der Waals surface area contributed by atoms with E-state index in [9.17, 15) is 5.02 Å². The lowest BCUT2D eigenvalue weighted by Crippen LogP contribution is -1.99. The maximum absolute atomic E-state index is 9.38. The van der Waals surface area contributed by atoms with Gasteiger partial charge in [-0.15, -0.1) is 11.3 Å². The summed E-state index contributed by atoms with van der Waals surface area (Å²) in [5.41, 5.74) is 4.82. The van der Waals surface area contributed by atoms with Crippen molar-refractivity contribution in [2.24, 2.45) is 0 Å². The van der Waals surface area contributed by atoms with E-state index in [0.29, 0.717) is 5.75 Å². The van der Waals surface area contributed by atoms with Crippen LogP contribution in [-0.4, -0.2) is 12.7 Å². The molecule has 0 amide bonds. The molecule has 6 rings (SSSR count). The molecule has 0 fully saturated rings. The molecular formula is C28H18BO2S. The van der Waals surface area contributed by atoms with E-state index in [4.69, 9.17) is 4.65 Å². The Balaban J connectivity index is 1.71. The lowest BCUT2D eigenvalue weighted by atomic mass is 9.93. The molecule has 0 aliphatic rings. The molecular weight excluding hydrogens is 411 g/mol. The predicted octanol–water partition coefficient (Wildman–Crippen LogP) is 7.45. The van der Waals surface area contributed by atoms with Crippen molar-refractivity contribution in [3.63, 3.8) is 0 Å². The predicted molar refractivity (Wildman–Crippen MR) is 136 cm³/mol. The molecule has 0 bridgehead atoms. The van der Waals surface area contributed by atoms with Gasteiger partial charge in [0.15, 0.2) is 0 Å². The molecule has 151 valence electrons. The van der Waals surface area contributed by atoms with Crippen LogP contribution in [0.2, 0.25) is 0 Å². The third kappa shape index (κ3) is 3.00. The van der Waals surface area contributed by atoms with E-state index in [1.165, 1.54) is 43.1 Å². The highest BCUT2D eigenvalue weighted by Crippen LogP contribution is 2.47. The quantitative estimate of drug-likeness (QED) is 0.295. The summed E-state index contributed by atoms with van der Waals surface area (Å²) in [6.45, 7) is 0. The monoisotopic (exact) mass is 429 g/mol. The summed E-state index contributed by atoms with van der Waals surface area (Å²) in [5, 5.41) is 14.0. The Bertz CT molecular complexity index is 1590. The number of hydrogen-bond donors (Lipinski definition) is 1. The highest BCUT2D eigenvalue weighted by Gasteiger charge is 2.18. The molecule has 0 atom stereocenters. The van der Waals surface area contributed by atoms with Crippen molar-refractivity contribution in [1.29, 1.82) is 0 Å². The lowest BCUT2D eigenvalue weighted by molar-refractivity contribution is 0.457. The highest BCUT2D eigenvalue weighted by atomic mass is 32.1. The van der Waals surface area contributed by atoms with E-state index >= 15 is 0 Å². The Hall–Kier alpha value is -3.60. The zero-order chi connectivity index (χ0) is 21.5. The van der Waals surface area contributed by atoms with Crippen LogP contribution in [0.25, 0.3) is 53.2 Å². The Morgan fingerprint density at radius 1 is 0.625 bits per heavy atom. The summed E-state index contributed by atoms with van der Waals surface area (Å²) < 4.78 is 7.79. The topological polar surface area (TPSA) is 29.5 Å². The first-order chi connectivity index (χ1) is 15.8. The molecule has 4 heteroatoms. The molecule has 0 saturated carbocycles. The number of benzene rings is 5. The number of thiophene rings is 1. The maximum Gasteiger partial charge on any atom is 0.569 e. The zero-order valence-corrected chi connectivity index (χ0v) is 18.0. The van der Waals surface area contributed by atoms with Crippen LogP contribution < -0.4 is 4.65 Å². The van der Waals surface area contributed by atoms with Gasteiger partial charge in [-0.05, 0) is 33.5 Å². The van der Waals surface area contributed by atoms with Crippen molar-refractivity contribution in [1.82, 2.24) is 0 Å². The summed E-state index contributed by atoms with van der Waals surface area (Å²) >= 11 is 1.71. The third-order valence-electron chi connectivity index (χ3n) is 5.94. The summed E-state index contributed by atoms with van der Waals surface area (Å²) in [5.74, 6) is 0.671. The highest BCUT2D eigenvalue weighted by molar-refractivity contribution is 7.27. The van der Waals surface area contributed by atoms with Crippen LogP contribution in [0.5, 0.6) is 5.75 Å². The molecule has 0 aliphatic carbocycles. The average molecular weight is 429 g/mol. The second-order valence-electron chi connectivity index (χ2n) is 7.72. The van der Waals surface area contributed by atoms with E-state index in [2.05, 4.69) is 84.9 Å². The Labute approximate surface area is 190 Å². The Morgan fingerprint density at radius 2 is 1.31 bits per heavy atom. The van der Waals surface area contributed by atoms with Crippen molar-refractivity contribution in [2.75, 3.05) is 0 Å². The lowest BCUT2D eigenvalue weighted by Gasteiger charge is -2.11. The third-order valence-corrected chi connectivity index (χ3v) is 7.19. The molecule has 1 heterocycles. The Morgan fingerprint density at radius 3 is 2.16 bits per heavy atom. The van der Waals surface area contributed by atoms with Gasteiger partial charge in [0, 0.05) is 21.0 Å². The molecule has 0 spiro atoms. The standard InChI is InChI=1S/C28H18BO2S/c30-29-31-25-17-19-11-4-5-13-21(19)26-24-16-8-15-23(27(24)32-28(25)26)22-14-7-6-12-20(22)18-9-2-1-3-10-18/h1-17,30H. The number of rotatable bonds is 4. The molecule has 0 unspecified atom stereocenters. The van der Waals surface area contributed by atoms with Crippen LogP contribution in [0.3, 0.4) is 0 Å². The van der Waals surface area contributed by atoms with Gasteiger partial charge in [-0.2, -0.15) is 0 Å². The second kappa shape index (κ2) is 7.83. The first kappa shape index (κ1) is 19.1. The van der Waals surface area contributed by atoms with Gasteiger partial charge in [-0.1, -0.05) is 97.1 Å². The first-order valence-electron chi connectivity index (χ1n) is 10.5. The molecule has 0 saturated heterocycles. The minimum atomic E-state index is 0.671. The van der Waals surface area contributed by atoms with Crippen LogP contribution in [0.15, 0.2) is 103 Å². The van der Waals surface area contributed by atoms with Crippen molar-refractivity contribution < 1.29 is 9.68 Å². The summed E-state index contributed by atoms with van der Waals surface area (Å²) in [7, 11) is 0.763.